The number of anilines is 1. The molecule has 5 nitrogen and oxygen atoms in total. The molecule has 0 aliphatic heterocycles. The Balaban J connectivity index is 2.27. The molecule has 0 amide bonds. The lowest BCUT2D eigenvalue weighted by Crippen LogP contribution is -2.21. The van der Waals surface area contributed by atoms with Crippen molar-refractivity contribution in [1.29, 1.82) is 0 Å². The minimum atomic E-state index is 0.510. The molecule has 0 unspecified atom stereocenters. The molecule has 0 aliphatic rings. The molecular weight excluding hydrogens is 278 g/mol. The quantitative estimate of drug-likeness (QED) is 0.887. The van der Waals surface area contributed by atoms with E-state index in [4.69, 9.17) is 10.7 Å². The van der Waals surface area contributed by atoms with E-state index in [1.807, 2.05) is 0 Å². The van der Waals surface area contributed by atoms with Gasteiger partial charge in [-0.15, -0.1) is 21.5 Å². The van der Waals surface area contributed by atoms with Gasteiger partial charge in [-0.3, -0.25) is 4.90 Å². The zero-order valence-electron chi connectivity index (χ0n) is 11.5. The number of rotatable bonds is 6. The number of thiazole rings is 1. The molecule has 19 heavy (non-hydrogen) atoms. The van der Waals surface area contributed by atoms with Crippen molar-refractivity contribution in [1.82, 2.24) is 20.1 Å². The van der Waals surface area contributed by atoms with Gasteiger partial charge in [-0.2, -0.15) is 0 Å². The number of aryl methyl sites for hydroxylation is 1. The molecule has 7 heteroatoms. The van der Waals surface area contributed by atoms with Crippen molar-refractivity contribution in [3.63, 3.8) is 0 Å². The Labute approximate surface area is 121 Å². The van der Waals surface area contributed by atoms with Gasteiger partial charge < -0.3 is 5.73 Å². The zero-order valence-corrected chi connectivity index (χ0v) is 13.1. The van der Waals surface area contributed by atoms with E-state index in [0.717, 1.165) is 46.6 Å². The Bertz CT molecular complexity index is 530. The number of aromatic nitrogens is 3. The molecule has 0 radical (unpaired) electrons. The molecule has 0 spiro atoms. The summed E-state index contributed by atoms with van der Waals surface area (Å²) in [7, 11) is 0. The average Bonchev–Trinajstić information content (AvgIpc) is 3.01. The third-order valence-corrected chi connectivity index (χ3v) is 4.95. The van der Waals surface area contributed by atoms with Gasteiger partial charge in [0.2, 0.25) is 5.13 Å². The van der Waals surface area contributed by atoms with Crippen LogP contribution < -0.4 is 5.73 Å². The molecule has 2 aromatic rings. The minimum absolute atomic E-state index is 0.510. The summed E-state index contributed by atoms with van der Waals surface area (Å²) in [6, 6.07) is 0. The lowest BCUT2D eigenvalue weighted by Gasteiger charge is -2.15. The maximum atomic E-state index is 5.66. The van der Waals surface area contributed by atoms with Gasteiger partial charge in [0.15, 0.2) is 5.01 Å². The van der Waals surface area contributed by atoms with E-state index in [9.17, 15) is 0 Å². The van der Waals surface area contributed by atoms with Gasteiger partial charge >= 0.3 is 0 Å². The molecule has 0 bridgehead atoms. The monoisotopic (exact) mass is 297 g/mol. The smallest absolute Gasteiger partial charge is 0.203 e. The van der Waals surface area contributed by atoms with E-state index < -0.39 is 0 Å². The second kappa shape index (κ2) is 6.40. The summed E-state index contributed by atoms with van der Waals surface area (Å²) < 4.78 is 0. The third-order valence-electron chi connectivity index (χ3n) is 2.96. The Kier molecular flexibility index (Phi) is 4.84. The van der Waals surface area contributed by atoms with Crippen LogP contribution in [0.15, 0.2) is 0 Å². The first-order valence-corrected chi connectivity index (χ1v) is 8.11. The second-order valence-electron chi connectivity index (χ2n) is 4.14. The Morgan fingerprint density at radius 1 is 1.11 bits per heavy atom. The van der Waals surface area contributed by atoms with Crippen LogP contribution in [-0.2, 0) is 13.0 Å². The van der Waals surface area contributed by atoms with Crippen molar-refractivity contribution < 1.29 is 0 Å². The summed E-state index contributed by atoms with van der Waals surface area (Å²) in [6.07, 6.45) is 0.906. The lowest BCUT2D eigenvalue weighted by molar-refractivity contribution is 0.295. The summed E-state index contributed by atoms with van der Waals surface area (Å²) in [6.45, 7) is 9.44. The van der Waals surface area contributed by atoms with Gasteiger partial charge in [0.25, 0.3) is 0 Å². The highest BCUT2D eigenvalue weighted by molar-refractivity contribution is 7.23. The van der Waals surface area contributed by atoms with Gasteiger partial charge in [-0.05, 0) is 19.5 Å². The highest BCUT2D eigenvalue weighted by Crippen LogP contribution is 2.33. The van der Waals surface area contributed by atoms with Crippen LogP contribution in [0.4, 0.5) is 5.13 Å². The molecular formula is C12H19N5S2. The molecule has 2 N–H and O–H groups in total. The van der Waals surface area contributed by atoms with E-state index >= 15 is 0 Å². The molecule has 2 aromatic heterocycles. The zero-order chi connectivity index (χ0) is 13.8. The largest absolute Gasteiger partial charge is 0.374 e. The average molecular weight is 297 g/mol. The van der Waals surface area contributed by atoms with Crippen LogP contribution in [-0.4, -0.2) is 33.2 Å². The highest BCUT2D eigenvalue weighted by Gasteiger charge is 2.16. The minimum Gasteiger partial charge on any atom is -0.374 e. The number of nitrogen functional groups attached to an aromatic ring is 1. The maximum Gasteiger partial charge on any atom is 0.203 e. The summed E-state index contributed by atoms with van der Waals surface area (Å²) in [5, 5.41) is 10.6. The predicted octanol–water partition coefficient (Wildman–Crippen LogP) is 2.65. The van der Waals surface area contributed by atoms with E-state index in [2.05, 4.69) is 35.9 Å². The van der Waals surface area contributed by atoms with Crippen LogP contribution in [0, 0.1) is 0 Å². The summed E-state index contributed by atoms with van der Waals surface area (Å²) in [4.78, 5) is 8.21. The van der Waals surface area contributed by atoms with Crippen LogP contribution in [0.5, 0.6) is 0 Å². The molecule has 0 saturated carbocycles. The number of hydrogen-bond acceptors (Lipinski definition) is 7. The summed E-state index contributed by atoms with van der Waals surface area (Å²) in [5.41, 5.74) is 6.76. The summed E-state index contributed by atoms with van der Waals surface area (Å²) >= 11 is 3.14. The molecule has 0 atom stereocenters. The Hall–Kier alpha value is -1.05. The Morgan fingerprint density at radius 3 is 2.37 bits per heavy atom. The summed E-state index contributed by atoms with van der Waals surface area (Å²) in [5.74, 6) is 0. The van der Waals surface area contributed by atoms with Crippen LogP contribution in [0.1, 0.15) is 31.5 Å². The van der Waals surface area contributed by atoms with Crippen LogP contribution in [0.3, 0.4) is 0 Å². The fourth-order valence-corrected chi connectivity index (χ4v) is 3.74. The van der Waals surface area contributed by atoms with Crippen LogP contribution in [0.2, 0.25) is 0 Å². The van der Waals surface area contributed by atoms with E-state index in [1.54, 1.807) is 11.3 Å². The number of nitrogens with two attached hydrogens (primary N) is 1. The van der Waals surface area contributed by atoms with Crippen LogP contribution in [0.25, 0.3) is 9.88 Å². The predicted molar refractivity (Wildman–Crippen MR) is 81.4 cm³/mol. The van der Waals surface area contributed by atoms with E-state index in [-0.39, 0.29) is 0 Å². The van der Waals surface area contributed by atoms with Crippen molar-refractivity contribution in [2.75, 3.05) is 18.8 Å². The highest BCUT2D eigenvalue weighted by atomic mass is 32.1. The van der Waals surface area contributed by atoms with Crippen molar-refractivity contribution in [3.8, 4) is 9.88 Å². The van der Waals surface area contributed by atoms with Crippen molar-refractivity contribution in [3.05, 3.63) is 10.7 Å². The maximum absolute atomic E-state index is 5.66. The molecule has 2 heterocycles. The normalized spacial score (nSPS) is 11.4. The first kappa shape index (κ1) is 14.4. The molecule has 0 aromatic carbocycles. The molecule has 104 valence electrons. The SMILES string of the molecule is CCc1nc(CN(CC)CC)sc1-c1nnc(N)s1. The van der Waals surface area contributed by atoms with Crippen molar-refractivity contribution >= 4 is 27.8 Å². The molecule has 0 fully saturated rings. The lowest BCUT2D eigenvalue weighted by atomic mass is 10.3. The standard InChI is InChI=1S/C12H19N5S2/c1-4-8-10(11-15-16-12(13)19-11)18-9(14-8)7-17(5-2)6-3/h4-7H2,1-3H3,(H2,13,16). The first-order chi connectivity index (χ1) is 9.17. The third kappa shape index (κ3) is 3.29. The Morgan fingerprint density at radius 2 is 1.84 bits per heavy atom. The van der Waals surface area contributed by atoms with Crippen molar-refractivity contribution in [2.24, 2.45) is 0 Å². The second-order valence-corrected chi connectivity index (χ2v) is 6.24. The van der Waals surface area contributed by atoms with Crippen LogP contribution >= 0.6 is 22.7 Å². The fourth-order valence-electron chi connectivity index (χ4n) is 1.84. The fraction of sp³-hybridized carbons (Fsp3) is 0.583. The van der Waals surface area contributed by atoms with Crippen molar-refractivity contribution in [2.45, 2.75) is 33.7 Å². The number of hydrogen-bond donors (Lipinski definition) is 1. The molecule has 0 aliphatic carbocycles. The van der Waals surface area contributed by atoms with Gasteiger partial charge in [0.1, 0.15) is 5.01 Å². The van der Waals surface area contributed by atoms with Gasteiger partial charge in [-0.1, -0.05) is 32.1 Å². The van der Waals surface area contributed by atoms with E-state index in [1.165, 1.54) is 11.3 Å². The van der Waals surface area contributed by atoms with Gasteiger partial charge in [0.05, 0.1) is 17.1 Å². The number of nitrogens with zero attached hydrogens (tertiary/aromatic N) is 4. The van der Waals surface area contributed by atoms with Gasteiger partial charge in [0, 0.05) is 0 Å². The molecule has 0 saturated heterocycles. The topological polar surface area (TPSA) is 67.9 Å². The molecule has 2 rings (SSSR count). The van der Waals surface area contributed by atoms with Gasteiger partial charge in [-0.25, -0.2) is 4.98 Å². The van der Waals surface area contributed by atoms with E-state index in [0.29, 0.717) is 5.13 Å². The first-order valence-electron chi connectivity index (χ1n) is 6.48.